The number of nitrogens with one attached hydrogen (secondary N) is 1. The number of hydrogen-bond acceptors (Lipinski definition) is 5. The number of nitrogens with zero attached hydrogens (tertiary/aromatic N) is 4. The number of benzene rings is 1. The smallest absolute Gasteiger partial charge is 0.317 e. The highest BCUT2D eigenvalue weighted by atomic mass is 16.5. The van der Waals surface area contributed by atoms with E-state index in [1.165, 1.54) is 5.56 Å². The SMILES string of the molecule is O=C(NCCCc1ccccc1)N1CC(c2nc(-c3ccncc3)no2)C1. The Kier molecular flexibility index (Phi) is 5.09. The number of pyridine rings is 1. The largest absolute Gasteiger partial charge is 0.339 e. The molecule has 0 saturated carbocycles. The fourth-order valence-corrected chi connectivity index (χ4v) is 3.06. The number of likely N-dealkylation sites (tertiary alicyclic amines) is 1. The first-order valence-corrected chi connectivity index (χ1v) is 9.10. The number of hydrogen-bond donors (Lipinski definition) is 1. The minimum absolute atomic E-state index is 0.0341. The minimum atomic E-state index is -0.0341. The molecule has 0 radical (unpaired) electrons. The van der Waals surface area contributed by atoms with Crippen LogP contribution in [-0.2, 0) is 6.42 Å². The quantitative estimate of drug-likeness (QED) is 0.681. The van der Waals surface area contributed by atoms with Gasteiger partial charge in [-0.15, -0.1) is 0 Å². The molecule has 0 spiro atoms. The molecular formula is C20H21N5O2. The van der Waals surface area contributed by atoms with Gasteiger partial charge < -0.3 is 14.7 Å². The van der Waals surface area contributed by atoms with Crippen molar-refractivity contribution in [3.63, 3.8) is 0 Å². The summed E-state index contributed by atoms with van der Waals surface area (Å²) in [7, 11) is 0. The molecule has 4 rings (SSSR count). The van der Waals surface area contributed by atoms with E-state index in [9.17, 15) is 4.79 Å². The van der Waals surface area contributed by atoms with Gasteiger partial charge in [-0.2, -0.15) is 4.98 Å². The van der Waals surface area contributed by atoms with Gasteiger partial charge in [0.05, 0.1) is 5.92 Å². The van der Waals surface area contributed by atoms with Gasteiger partial charge in [0.15, 0.2) is 0 Å². The second kappa shape index (κ2) is 7.99. The van der Waals surface area contributed by atoms with Crippen molar-refractivity contribution in [2.24, 2.45) is 0 Å². The summed E-state index contributed by atoms with van der Waals surface area (Å²) in [5.74, 6) is 1.23. The van der Waals surface area contributed by atoms with E-state index in [0.717, 1.165) is 18.4 Å². The Morgan fingerprint density at radius 1 is 1.15 bits per heavy atom. The lowest BCUT2D eigenvalue weighted by Gasteiger charge is -2.36. The fourth-order valence-electron chi connectivity index (χ4n) is 3.06. The zero-order valence-electron chi connectivity index (χ0n) is 14.9. The second-order valence-corrected chi connectivity index (χ2v) is 6.62. The van der Waals surface area contributed by atoms with E-state index in [1.807, 2.05) is 30.3 Å². The third kappa shape index (κ3) is 4.13. The van der Waals surface area contributed by atoms with Gasteiger partial charge in [0.1, 0.15) is 0 Å². The molecule has 7 heteroatoms. The highest BCUT2D eigenvalue weighted by Crippen LogP contribution is 2.27. The van der Waals surface area contributed by atoms with Crippen LogP contribution >= 0.6 is 0 Å². The average molecular weight is 363 g/mol. The van der Waals surface area contributed by atoms with Crippen molar-refractivity contribution < 1.29 is 9.32 Å². The molecule has 3 heterocycles. The van der Waals surface area contributed by atoms with E-state index in [0.29, 0.717) is 31.3 Å². The predicted molar refractivity (Wildman–Crippen MR) is 100 cm³/mol. The number of urea groups is 1. The Labute approximate surface area is 157 Å². The fraction of sp³-hybridized carbons (Fsp3) is 0.300. The first kappa shape index (κ1) is 17.2. The maximum atomic E-state index is 12.2. The third-order valence-electron chi connectivity index (χ3n) is 4.66. The lowest BCUT2D eigenvalue weighted by Crippen LogP contribution is -2.52. The van der Waals surface area contributed by atoms with E-state index in [-0.39, 0.29) is 11.9 Å². The van der Waals surface area contributed by atoms with Crippen molar-refractivity contribution in [3.05, 3.63) is 66.3 Å². The lowest BCUT2D eigenvalue weighted by molar-refractivity contribution is 0.137. The van der Waals surface area contributed by atoms with Crippen molar-refractivity contribution >= 4 is 6.03 Å². The summed E-state index contributed by atoms with van der Waals surface area (Å²) in [4.78, 5) is 22.4. The topological polar surface area (TPSA) is 84.2 Å². The number of amides is 2. The highest BCUT2D eigenvalue weighted by molar-refractivity contribution is 5.75. The van der Waals surface area contributed by atoms with Gasteiger partial charge in [-0.25, -0.2) is 4.79 Å². The van der Waals surface area contributed by atoms with E-state index < -0.39 is 0 Å². The molecule has 1 fully saturated rings. The maximum Gasteiger partial charge on any atom is 0.317 e. The van der Waals surface area contributed by atoms with Crippen LogP contribution in [0.1, 0.15) is 23.8 Å². The summed E-state index contributed by atoms with van der Waals surface area (Å²) in [6.45, 7) is 1.87. The number of aryl methyl sites for hydroxylation is 1. The second-order valence-electron chi connectivity index (χ2n) is 6.62. The van der Waals surface area contributed by atoms with Crippen molar-refractivity contribution in [2.75, 3.05) is 19.6 Å². The Hall–Kier alpha value is -3.22. The highest BCUT2D eigenvalue weighted by Gasteiger charge is 2.35. The molecule has 7 nitrogen and oxygen atoms in total. The summed E-state index contributed by atoms with van der Waals surface area (Å²) in [6.07, 6.45) is 5.27. The van der Waals surface area contributed by atoms with E-state index >= 15 is 0 Å². The number of carbonyl (C=O) groups excluding carboxylic acids is 1. The van der Waals surface area contributed by atoms with Gasteiger partial charge in [-0.1, -0.05) is 35.5 Å². The zero-order chi connectivity index (χ0) is 18.5. The Morgan fingerprint density at radius 3 is 2.70 bits per heavy atom. The normalized spacial score (nSPS) is 14.0. The molecule has 2 aromatic heterocycles. The molecule has 3 aromatic rings. The number of aromatic nitrogens is 3. The first-order valence-electron chi connectivity index (χ1n) is 9.10. The van der Waals surface area contributed by atoms with Crippen molar-refractivity contribution in [1.29, 1.82) is 0 Å². The molecule has 1 aliphatic heterocycles. The summed E-state index contributed by atoms with van der Waals surface area (Å²) < 4.78 is 5.36. The van der Waals surface area contributed by atoms with Crippen molar-refractivity contribution in [3.8, 4) is 11.4 Å². The predicted octanol–water partition coefficient (Wildman–Crippen LogP) is 2.87. The zero-order valence-corrected chi connectivity index (χ0v) is 14.9. The van der Waals surface area contributed by atoms with Gasteiger partial charge in [0.2, 0.25) is 11.7 Å². The average Bonchev–Trinajstić information content (AvgIpc) is 3.15. The molecule has 1 saturated heterocycles. The standard InChI is InChI=1S/C20H21N5O2/c26-20(22-10-4-7-15-5-2-1-3-6-15)25-13-17(14-25)19-23-18(24-27-19)16-8-11-21-12-9-16/h1-3,5-6,8-9,11-12,17H,4,7,10,13-14H2,(H,22,26). The van der Waals surface area contributed by atoms with Crippen LogP contribution in [0.3, 0.4) is 0 Å². The molecule has 1 aromatic carbocycles. The monoisotopic (exact) mass is 363 g/mol. The van der Waals surface area contributed by atoms with Crippen LogP contribution in [0.5, 0.6) is 0 Å². The van der Waals surface area contributed by atoms with Gasteiger partial charge in [-0.3, -0.25) is 4.98 Å². The summed E-state index contributed by atoms with van der Waals surface area (Å²) in [6, 6.07) is 13.9. The minimum Gasteiger partial charge on any atom is -0.339 e. The summed E-state index contributed by atoms with van der Waals surface area (Å²) >= 11 is 0. The summed E-state index contributed by atoms with van der Waals surface area (Å²) in [5.41, 5.74) is 2.16. The van der Waals surface area contributed by atoms with Gasteiger partial charge in [-0.05, 0) is 30.5 Å². The molecule has 0 bridgehead atoms. The molecule has 1 aliphatic rings. The number of rotatable bonds is 6. The molecule has 2 amide bonds. The Balaban J connectivity index is 1.20. The molecule has 27 heavy (non-hydrogen) atoms. The molecule has 138 valence electrons. The van der Waals surface area contributed by atoms with E-state index in [1.54, 1.807) is 17.3 Å². The lowest BCUT2D eigenvalue weighted by atomic mass is 10.0. The van der Waals surface area contributed by atoms with E-state index in [4.69, 9.17) is 4.52 Å². The van der Waals surface area contributed by atoms with Crippen LogP contribution in [-0.4, -0.2) is 45.7 Å². The third-order valence-corrected chi connectivity index (χ3v) is 4.66. The van der Waals surface area contributed by atoms with Crippen LogP contribution in [0, 0.1) is 0 Å². The molecule has 0 atom stereocenters. The molecule has 0 unspecified atom stereocenters. The Bertz CT molecular complexity index is 876. The Morgan fingerprint density at radius 2 is 1.93 bits per heavy atom. The van der Waals surface area contributed by atoms with Gasteiger partial charge in [0.25, 0.3) is 0 Å². The van der Waals surface area contributed by atoms with Crippen LogP contribution in [0.15, 0.2) is 59.4 Å². The maximum absolute atomic E-state index is 12.2. The van der Waals surface area contributed by atoms with Crippen LogP contribution < -0.4 is 5.32 Å². The molecule has 0 aliphatic carbocycles. The van der Waals surface area contributed by atoms with Crippen molar-refractivity contribution in [1.82, 2.24) is 25.3 Å². The van der Waals surface area contributed by atoms with Gasteiger partial charge in [0, 0.05) is 37.6 Å². The summed E-state index contributed by atoms with van der Waals surface area (Å²) in [5, 5.41) is 6.99. The van der Waals surface area contributed by atoms with Gasteiger partial charge >= 0.3 is 6.03 Å². The van der Waals surface area contributed by atoms with Crippen LogP contribution in [0.2, 0.25) is 0 Å². The number of carbonyl (C=O) groups is 1. The first-order chi connectivity index (χ1) is 13.3. The molecule has 1 N–H and O–H groups in total. The van der Waals surface area contributed by atoms with Crippen LogP contribution in [0.25, 0.3) is 11.4 Å². The van der Waals surface area contributed by atoms with Crippen LogP contribution in [0.4, 0.5) is 4.79 Å². The van der Waals surface area contributed by atoms with E-state index in [2.05, 4.69) is 32.6 Å². The van der Waals surface area contributed by atoms with Crippen molar-refractivity contribution in [2.45, 2.75) is 18.8 Å². The molecular weight excluding hydrogens is 342 g/mol.